The molecule has 2 rings (SSSR count). The Kier molecular flexibility index (Phi) is 4.82. The third kappa shape index (κ3) is 4.28. The Labute approximate surface area is 128 Å². The standard InChI is InChI=1S/C14H18N2O5S/c15-22(20,21)9-10-6-13(17)16(8-10)12(7-14(18)19)11-4-2-1-3-5-11/h1-5,10,12H,6-9H2,(H,18,19)(H2,15,20,21). The van der Waals surface area contributed by atoms with Crippen molar-refractivity contribution in [1.29, 1.82) is 0 Å². The molecule has 120 valence electrons. The number of nitrogens with two attached hydrogens (primary N) is 1. The topological polar surface area (TPSA) is 118 Å². The first-order chi connectivity index (χ1) is 10.3. The lowest BCUT2D eigenvalue weighted by Gasteiger charge is -2.27. The van der Waals surface area contributed by atoms with Crippen molar-refractivity contribution in [2.45, 2.75) is 18.9 Å². The molecule has 1 fully saturated rings. The summed E-state index contributed by atoms with van der Waals surface area (Å²) in [5.41, 5.74) is 0.717. The molecular formula is C14H18N2O5S. The number of benzene rings is 1. The van der Waals surface area contributed by atoms with Gasteiger partial charge in [0, 0.05) is 18.9 Å². The highest BCUT2D eigenvalue weighted by Gasteiger charge is 2.37. The summed E-state index contributed by atoms with van der Waals surface area (Å²) in [4.78, 5) is 24.7. The summed E-state index contributed by atoms with van der Waals surface area (Å²) in [5.74, 6) is -1.94. The van der Waals surface area contributed by atoms with Crippen LogP contribution in [-0.2, 0) is 19.6 Å². The highest BCUT2D eigenvalue weighted by Crippen LogP contribution is 2.31. The zero-order chi connectivity index (χ0) is 16.3. The summed E-state index contributed by atoms with van der Waals surface area (Å²) >= 11 is 0. The molecule has 8 heteroatoms. The molecule has 1 heterocycles. The van der Waals surface area contributed by atoms with E-state index in [1.807, 2.05) is 0 Å². The minimum absolute atomic E-state index is 0.0688. The first-order valence-corrected chi connectivity index (χ1v) is 8.54. The normalized spacial score (nSPS) is 20.1. The first kappa shape index (κ1) is 16.4. The predicted molar refractivity (Wildman–Crippen MR) is 79.2 cm³/mol. The highest BCUT2D eigenvalue weighted by atomic mass is 32.2. The Balaban J connectivity index is 2.21. The third-order valence-electron chi connectivity index (χ3n) is 3.64. The van der Waals surface area contributed by atoms with Crippen molar-refractivity contribution in [1.82, 2.24) is 4.90 Å². The van der Waals surface area contributed by atoms with Crippen molar-refractivity contribution < 1.29 is 23.1 Å². The van der Waals surface area contributed by atoms with Crippen molar-refractivity contribution in [3.05, 3.63) is 35.9 Å². The average molecular weight is 326 g/mol. The van der Waals surface area contributed by atoms with Gasteiger partial charge in [-0.15, -0.1) is 0 Å². The molecule has 1 aromatic carbocycles. The van der Waals surface area contributed by atoms with Crippen LogP contribution in [0.1, 0.15) is 24.4 Å². The van der Waals surface area contributed by atoms with E-state index < -0.39 is 28.0 Å². The van der Waals surface area contributed by atoms with E-state index in [-0.39, 0.29) is 31.0 Å². The second-order valence-electron chi connectivity index (χ2n) is 5.47. The number of aliphatic carboxylic acids is 1. The van der Waals surface area contributed by atoms with Crippen LogP contribution < -0.4 is 5.14 Å². The van der Waals surface area contributed by atoms with Crippen LogP contribution in [0.5, 0.6) is 0 Å². The second kappa shape index (κ2) is 6.45. The molecule has 0 spiro atoms. The van der Waals surface area contributed by atoms with E-state index in [1.54, 1.807) is 30.3 Å². The van der Waals surface area contributed by atoms with Crippen molar-refractivity contribution in [3.63, 3.8) is 0 Å². The van der Waals surface area contributed by atoms with Crippen molar-refractivity contribution in [2.75, 3.05) is 12.3 Å². The number of primary sulfonamides is 1. The number of likely N-dealkylation sites (tertiary alicyclic amines) is 1. The number of carboxylic acid groups (broad SMARTS) is 1. The SMILES string of the molecule is NS(=O)(=O)CC1CC(=O)N(C(CC(=O)O)c2ccccc2)C1. The van der Waals surface area contributed by atoms with E-state index in [4.69, 9.17) is 10.2 Å². The maximum atomic E-state index is 12.2. The minimum atomic E-state index is -3.66. The molecule has 1 aliphatic heterocycles. The summed E-state index contributed by atoms with van der Waals surface area (Å²) < 4.78 is 22.3. The number of rotatable bonds is 6. The van der Waals surface area contributed by atoms with Crippen LogP contribution in [0.25, 0.3) is 0 Å². The minimum Gasteiger partial charge on any atom is -0.481 e. The molecule has 2 unspecified atom stereocenters. The number of carbonyl (C=O) groups excluding carboxylic acids is 1. The number of nitrogens with zero attached hydrogens (tertiary/aromatic N) is 1. The Morgan fingerprint density at radius 1 is 1.36 bits per heavy atom. The van der Waals surface area contributed by atoms with Gasteiger partial charge in [0.2, 0.25) is 15.9 Å². The number of carbonyl (C=O) groups is 2. The largest absolute Gasteiger partial charge is 0.481 e. The van der Waals surface area contributed by atoms with Crippen LogP contribution in [-0.4, -0.2) is 42.6 Å². The smallest absolute Gasteiger partial charge is 0.305 e. The fourth-order valence-electron chi connectivity index (χ4n) is 2.80. The van der Waals surface area contributed by atoms with Crippen LogP contribution in [0.4, 0.5) is 0 Å². The van der Waals surface area contributed by atoms with Crippen LogP contribution in [0.3, 0.4) is 0 Å². The molecule has 0 saturated carbocycles. The lowest BCUT2D eigenvalue weighted by molar-refractivity contribution is -0.139. The van der Waals surface area contributed by atoms with Gasteiger partial charge in [-0.2, -0.15) is 0 Å². The number of amides is 1. The molecule has 1 saturated heterocycles. The molecule has 0 bridgehead atoms. The maximum absolute atomic E-state index is 12.2. The molecule has 2 atom stereocenters. The van der Waals surface area contributed by atoms with Gasteiger partial charge in [-0.25, -0.2) is 13.6 Å². The molecule has 1 aromatic rings. The summed E-state index contributed by atoms with van der Waals surface area (Å²) in [6.45, 7) is 0.197. The van der Waals surface area contributed by atoms with Crippen molar-refractivity contribution in [2.24, 2.45) is 11.1 Å². The van der Waals surface area contributed by atoms with Crippen molar-refractivity contribution in [3.8, 4) is 0 Å². The number of hydrogen-bond acceptors (Lipinski definition) is 4. The van der Waals surface area contributed by atoms with Gasteiger partial charge in [-0.05, 0) is 5.56 Å². The predicted octanol–water partition coefficient (Wildman–Crippen LogP) is 0.339. The molecule has 0 aliphatic carbocycles. The second-order valence-corrected chi connectivity index (χ2v) is 7.13. The monoisotopic (exact) mass is 326 g/mol. The van der Waals surface area contributed by atoms with E-state index in [1.165, 1.54) is 4.90 Å². The Morgan fingerprint density at radius 3 is 2.55 bits per heavy atom. The summed E-state index contributed by atoms with van der Waals surface area (Å²) in [7, 11) is -3.66. The molecule has 22 heavy (non-hydrogen) atoms. The Morgan fingerprint density at radius 2 is 2.00 bits per heavy atom. The number of carboxylic acids is 1. The highest BCUT2D eigenvalue weighted by molar-refractivity contribution is 7.89. The summed E-state index contributed by atoms with van der Waals surface area (Å²) in [6.07, 6.45) is -0.156. The van der Waals surface area contributed by atoms with E-state index >= 15 is 0 Å². The summed E-state index contributed by atoms with van der Waals surface area (Å²) in [5, 5.41) is 14.1. The van der Waals surface area contributed by atoms with Gasteiger partial charge in [0.25, 0.3) is 0 Å². The molecule has 0 radical (unpaired) electrons. The van der Waals surface area contributed by atoms with Gasteiger partial charge in [0.15, 0.2) is 0 Å². The molecule has 7 nitrogen and oxygen atoms in total. The maximum Gasteiger partial charge on any atom is 0.305 e. The zero-order valence-corrected chi connectivity index (χ0v) is 12.7. The van der Waals surface area contributed by atoms with Gasteiger partial charge < -0.3 is 10.0 Å². The van der Waals surface area contributed by atoms with E-state index in [0.29, 0.717) is 0 Å². The van der Waals surface area contributed by atoms with Gasteiger partial charge in [-0.3, -0.25) is 9.59 Å². The van der Waals surface area contributed by atoms with E-state index in [0.717, 1.165) is 5.56 Å². The van der Waals surface area contributed by atoms with Gasteiger partial charge >= 0.3 is 5.97 Å². The third-order valence-corrected chi connectivity index (χ3v) is 4.57. The Hall–Kier alpha value is -1.93. The number of hydrogen-bond donors (Lipinski definition) is 2. The van der Waals surface area contributed by atoms with Gasteiger partial charge in [0.1, 0.15) is 0 Å². The van der Waals surface area contributed by atoms with Crippen LogP contribution in [0, 0.1) is 5.92 Å². The quantitative estimate of drug-likeness (QED) is 0.781. The fraction of sp³-hybridized carbons (Fsp3) is 0.429. The van der Waals surface area contributed by atoms with Crippen LogP contribution in [0.2, 0.25) is 0 Å². The molecular weight excluding hydrogens is 308 g/mol. The first-order valence-electron chi connectivity index (χ1n) is 6.83. The van der Waals surface area contributed by atoms with Gasteiger partial charge in [0.05, 0.1) is 18.2 Å². The Bertz CT molecular complexity index is 659. The lowest BCUT2D eigenvalue weighted by Crippen LogP contribution is -2.32. The average Bonchev–Trinajstić information content (AvgIpc) is 2.75. The summed E-state index contributed by atoms with van der Waals surface area (Å²) in [6, 6.07) is 8.26. The van der Waals surface area contributed by atoms with Crippen LogP contribution in [0.15, 0.2) is 30.3 Å². The lowest BCUT2D eigenvalue weighted by atomic mass is 10.0. The van der Waals surface area contributed by atoms with Crippen LogP contribution >= 0.6 is 0 Å². The molecule has 3 N–H and O–H groups in total. The zero-order valence-electron chi connectivity index (χ0n) is 11.9. The molecule has 1 amide bonds. The fourth-order valence-corrected chi connectivity index (χ4v) is 3.68. The molecule has 1 aliphatic rings. The molecule has 0 aromatic heterocycles. The van der Waals surface area contributed by atoms with E-state index in [2.05, 4.69) is 0 Å². The van der Waals surface area contributed by atoms with E-state index in [9.17, 15) is 18.0 Å². The van der Waals surface area contributed by atoms with Gasteiger partial charge in [-0.1, -0.05) is 30.3 Å². The number of sulfonamides is 1. The van der Waals surface area contributed by atoms with Crippen molar-refractivity contribution >= 4 is 21.9 Å².